The molecule has 1 aliphatic carbocycles. The Morgan fingerprint density at radius 3 is 2.70 bits per heavy atom. The Balaban J connectivity index is 2.54. The van der Waals surface area contributed by atoms with Crippen LogP contribution in [-0.4, -0.2) is 23.4 Å². The molecule has 2 nitrogen and oxygen atoms in total. The Labute approximate surface area is 60.2 Å². The van der Waals surface area contributed by atoms with Gasteiger partial charge in [-0.05, 0) is 12.8 Å². The van der Waals surface area contributed by atoms with Gasteiger partial charge in [-0.15, -0.1) is 0 Å². The quantitative estimate of drug-likeness (QED) is 0.570. The smallest absolute Gasteiger partial charge is 0.130 e. The Morgan fingerprint density at radius 2 is 2.30 bits per heavy atom. The summed E-state index contributed by atoms with van der Waals surface area (Å²) >= 11 is 0. The van der Waals surface area contributed by atoms with Crippen LogP contribution in [0, 0.1) is 0 Å². The van der Waals surface area contributed by atoms with E-state index in [1.54, 1.807) is 0 Å². The van der Waals surface area contributed by atoms with Crippen molar-refractivity contribution in [2.24, 2.45) is 5.73 Å². The largest absolute Gasteiger partial charge is 0.386 e. The molecule has 1 saturated carbocycles. The summed E-state index contributed by atoms with van der Waals surface area (Å²) in [7, 11) is 0. The predicted molar refractivity (Wildman–Crippen MR) is 37.4 cm³/mol. The number of aliphatic hydroxyl groups is 1. The lowest BCUT2D eigenvalue weighted by Crippen LogP contribution is -2.48. The predicted octanol–water partition coefficient (Wildman–Crippen LogP) is 0.588. The highest BCUT2D eigenvalue weighted by molar-refractivity contribution is 4.90. The third-order valence-corrected chi connectivity index (χ3v) is 2.25. The number of nitrogens with two attached hydrogens (primary N) is 1. The van der Waals surface area contributed by atoms with Gasteiger partial charge in [0.1, 0.15) is 11.8 Å². The third-order valence-electron chi connectivity index (χ3n) is 2.25. The van der Waals surface area contributed by atoms with Crippen LogP contribution in [0.25, 0.3) is 0 Å². The Hall–Kier alpha value is -0.150. The van der Waals surface area contributed by atoms with Gasteiger partial charge in [0.15, 0.2) is 0 Å². The highest BCUT2D eigenvalue weighted by Gasteiger charge is 2.37. The maximum absolute atomic E-state index is 12.9. The molecule has 0 aromatic rings. The number of rotatable bonds is 1. The van der Waals surface area contributed by atoms with Crippen molar-refractivity contribution >= 4 is 0 Å². The van der Waals surface area contributed by atoms with Gasteiger partial charge in [0.25, 0.3) is 0 Å². The molecule has 10 heavy (non-hydrogen) atoms. The molecule has 3 N–H and O–H groups in total. The van der Waals surface area contributed by atoms with Crippen LogP contribution in [0.5, 0.6) is 0 Å². The van der Waals surface area contributed by atoms with Gasteiger partial charge in [0.2, 0.25) is 0 Å². The van der Waals surface area contributed by atoms with E-state index in [4.69, 9.17) is 5.73 Å². The molecule has 1 aliphatic rings. The average Bonchev–Trinajstić information content (AvgIpc) is 1.96. The molecule has 0 aliphatic heterocycles. The minimum atomic E-state index is -1.21. The van der Waals surface area contributed by atoms with E-state index in [0.29, 0.717) is 12.8 Å². The monoisotopic (exact) mass is 147 g/mol. The highest BCUT2D eigenvalue weighted by atomic mass is 19.1. The number of alkyl halides is 1. The maximum atomic E-state index is 12.9. The molecule has 0 aromatic heterocycles. The molecule has 0 bridgehead atoms. The van der Waals surface area contributed by atoms with Crippen molar-refractivity contribution in [3.8, 4) is 0 Å². The van der Waals surface area contributed by atoms with Gasteiger partial charge in [-0.3, -0.25) is 0 Å². The van der Waals surface area contributed by atoms with Crippen LogP contribution in [0.3, 0.4) is 0 Å². The van der Waals surface area contributed by atoms with Crippen molar-refractivity contribution in [3.63, 3.8) is 0 Å². The first-order valence-electron chi connectivity index (χ1n) is 3.75. The molecule has 0 aromatic carbocycles. The molecule has 3 heteroatoms. The summed E-state index contributed by atoms with van der Waals surface area (Å²) in [5, 5.41) is 9.45. The van der Waals surface area contributed by atoms with Crippen molar-refractivity contribution in [3.05, 3.63) is 0 Å². The van der Waals surface area contributed by atoms with Crippen LogP contribution in [0.1, 0.15) is 25.7 Å². The van der Waals surface area contributed by atoms with Crippen molar-refractivity contribution < 1.29 is 9.50 Å². The molecule has 1 fully saturated rings. The second-order valence-electron chi connectivity index (χ2n) is 3.02. The van der Waals surface area contributed by atoms with Gasteiger partial charge in [-0.2, -0.15) is 0 Å². The first-order valence-corrected chi connectivity index (χ1v) is 3.75. The van der Waals surface area contributed by atoms with Crippen molar-refractivity contribution in [1.29, 1.82) is 0 Å². The molecule has 0 radical (unpaired) electrons. The Morgan fingerprint density at radius 1 is 1.60 bits per heavy atom. The number of hydrogen-bond acceptors (Lipinski definition) is 2. The first-order chi connectivity index (χ1) is 4.69. The molecule has 0 heterocycles. The molecule has 60 valence electrons. The Kier molecular flexibility index (Phi) is 2.26. The van der Waals surface area contributed by atoms with E-state index in [1.807, 2.05) is 0 Å². The lowest BCUT2D eigenvalue weighted by molar-refractivity contribution is -0.0548. The SMILES string of the molecule is NC[C@]1(O)CCCC[C@H]1F. The molecule has 1 rings (SSSR count). The lowest BCUT2D eigenvalue weighted by Gasteiger charge is -2.33. The van der Waals surface area contributed by atoms with Gasteiger partial charge >= 0.3 is 0 Å². The van der Waals surface area contributed by atoms with Crippen molar-refractivity contribution in [2.75, 3.05) is 6.54 Å². The fraction of sp³-hybridized carbons (Fsp3) is 1.00. The number of halogens is 1. The fourth-order valence-electron chi connectivity index (χ4n) is 1.41. The number of hydrogen-bond donors (Lipinski definition) is 2. The highest BCUT2D eigenvalue weighted by Crippen LogP contribution is 2.29. The van der Waals surface area contributed by atoms with E-state index in [0.717, 1.165) is 12.8 Å². The van der Waals surface area contributed by atoms with Gasteiger partial charge < -0.3 is 10.8 Å². The topological polar surface area (TPSA) is 46.2 Å². The van der Waals surface area contributed by atoms with Crippen LogP contribution >= 0.6 is 0 Å². The molecular weight excluding hydrogens is 133 g/mol. The van der Waals surface area contributed by atoms with Gasteiger partial charge in [-0.25, -0.2) is 4.39 Å². The third kappa shape index (κ3) is 1.30. The molecule has 0 saturated heterocycles. The summed E-state index contributed by atoms with van der Waals surface area (Å²) in [5.41, 5.74) is 4.03. The van der Waals surface area contributed by atoms with Gasteiger partial charge in [-0.1, -0.05) is 12.8 Å². The zero-order valence-corrected chi connectivity index (χ0v) is 6.02. The molecule has 0 unspecified atom stereocenters. The standard InChI is InChI=1S/C7H14FNO/c8-6-3-1-2-4-7(6,10)5-9/h6,10H,1-5,9H2/t6-,7-/m1/s1. The molecule has 2 atom stereocenters. The molecular formula is C7H14FNO. The van der Waals surface area contributed by atoms with Crippen LogP contribution in [0.2, 0.25) is 0 Å². The van der Waals surface area contributed by atoms with Crippen molar-refractivity contribution in [2.45, 2.75) is 37.5 Å². The minimum Gasteiger partial charge on any atom is -0.386 e. The zero-order chi connectivity index (χ0) is 7.61. The van der Waals surface area contributed by atoms with E-state index < -0.39 is 11.8 Å². The summed E-state index contributed by atoms with van der Waals surface area (Å²) in [4.78, 5) is 0. The van der Waals surface area contributed by atoms with E-state index >= 15 is 0 Å². The lowest BCUT2D eigenvalue weighted by atomic mass is 9.83. The van der Waals surface area contributed by atoms with E-state index in [9.17, 15) is 9.50 Å². The summed E-state index contributed by atoms with van der Waals surface area (Å²) in [6, 6.07) is 0. The second kappa shape index (κ2) is 2.84. The van der Waals surface area contributed by atoms with Gasteiger partial charge in [0.05, 0.1) is 0 Å². The van der Waals surface area contributed by atoms with Crippen LogP contribution in [-0.2, 0) is 0 Å². The van der Waals surface area contributed by atoms with Crippen molar-refractivity contribution in [1.82, 2.24) is 0 Å². The first kappa shape index (κ1) is 7.95. The minimum absolute atomic E-state index is 0.0498. The summed E-state index contributed by atoms with van der Waals surface area (Å²) in [6.45, 7) is 0.0498. The van der Waals surface area contributed by atoms with Gasteiger partial charge in [0, 0.05) is 6.54 Å². The summed E-state index contributed by atoms with van der Waals surface area (Å²) in [6.07, 6.45) is 1.65. The second-order valence-corrected chi connectivity index (χ2v) is 3.02. The van der Waals surface area contributed by atoms with Crippen LogP contribution in [0.4, 0.5) is 4.39 Å². The van der Waals surface area contributed by atoms with Crippen LogP contribution in [0.15, 0.2) is 0 Å². The van der Waals surface area contributed by atoms with E-state index in [2.05, 4.69) is 0 Å². The molecule has 0 spiro atoms. The average molecular weight is 147 g/mol. The zero-order valence-electron chi connectivity index (χ0n) is 6.02. The van der Waals surface area contributed by atoms with E-state index in [-0.39, 0.29) is 6.54 Å². The Bertz CT molecular complexity index is 120. The maximum Gasteiger partial charge on any atom is 0.130 e. The van der Waals surface area contributed by atoms with Crippen LogP contribution < -0.4 is 5.73 Å². The van der Waals surface area contributed by atoms with E-state index in [1.165, 1.54) is 0 Å². The fourth-order valence-corrected chi connectivity index (χ4v) is 1.41. The summed E-state index contributed by atoms with van der Waals surface area (Å²) < 4.78 is 12.9. The normalized spacial score (nSPS) is 41.7. The summed E-state index contributed by atoms with van der Waals surface area (Å²) in [5.74, 6) is 0. The molecule has 0 amide bonds.